The maximum absolute atomic E-state index is 10.3. The van der Waals surface area contributed by atoms with Gasteiger partial charge in [-0.25, -0.2) is 4.79 Å². The van der Waals surface area contributed by atoms with Crippen molar-refractivity contribution >= 4 is 12.0 Å². The van der Waals surface area contributed by atoms with Crippen LogP contribution >= 0.6 is 0 Å². The van der Waals surface area contributed by atoms with Gasteiger partial charge in [0.05, 0.1) is 0 Å². The summed E-state index contributed by atoms with van der Waals surface area (Å²) < 4.78 is 4.57. The Labute approximate surface area is 58.9 Å². The molecule has 0 aliphatic heterocycles. The summed E-state index contributed by atoms with van der Waals surface area (Å²) in [6, 6.07) is 0. The van der Waals surface area contributed by atoms with Crippen molar-refractivity contribution in [2.45, 2.75) is 26.5 Å². The molecule has 0 aromatic heterocycles. The van der Waals surface area contributed by atoms with E-state index in [9.17, 15) is 9.59 Å². The van der Waals surface area contributed by atoms with Crippen molar-refractivity contribution in [2.24, 2.45) is 4.99 Å². The van der Waals surface area contributed by atoms with Crippen LogP contribution in [-0.4, -0.2) is 18.3 Å². The number of isocyanates is 1. The highest BCUT2D eigenvalue weighted by Gasteiger charge is 2.05. The predicted octanol–water partition coefficient (Wildman–Crippen LogP) is 0.621. The van der Waals surface area contributed by atoms with Crippen molar-refractivity contribution in [3.05, 3.63) is 0 Å². The number of hydrogen-bond acceptors (Lipinski definition) is 4. The maximum Gasteiger partial charge on any atom is 0.304 e. The number of nitrogens with zero attached hydrogens (tertiary/aromatic N) is 1. The maximum atomic E-state index is 10.3. The Bertz CT molecular complexity index is 160. The van der Waals surface area contributed by atoms with Gasteiger partial charge in [-0.05, 0) is 0 Å². The summed E-state index contributed by atoms with van der Waals surface area (Å²) in [5, 5.41) is 0. The van der Waals surface area contributed by atoms with Gasteiger partial charge in [-0.3, -0.25) is 4.79 Å². The molecule has 1 atom stereocenters. The van der Waals surface area contributed by atoms with Gasteiger partial charge < -0.3 is 4.74 Å². The summed E-state index contributed by atoms with van der Waals surface area (Å²) in [6.07, 6.45) is 1.16. The molecule has 10 heavy (non-hydrogen) atoms. The van der Waals surface area contributed by atoms with Gasteiger partial charge in [0.1, 0.15) is 0 Å². The van der Waals surface area contributed by atoms with Crippen LogP contribution in [0.1, 0.15) is 20.3 Å². The molecule has 0 fully saturated rings. The van der Waals surface area contributed by atoms with E-state index >= 15 is 0 Å². The van der Waals surface area contributed by atoms with E-state index in [4.69, 9.17) is 0 Å². The minimum Gasteiger partial charge on any atom is -0.439 e. The van der Waals surface area contributed by atoms with Gasteiger partial charge in [0.25, 0.3) is 0 Å². The van der Waals surface area contributed by atoms with E-state index in [1.54, 1.807) is 6.92 Å². The lowest BCUT2D eigenvalue weighted by Gasteiger charge is -2.05. The fourth-order valence-corrected chi connectivity index (χ4v) is 0.451. The molecule has 0 saturated heterocycles. The highest BCUT2D eigenvalue weighted by molar-refractivity contribution is 5.66. The summed E-state index contributed by atoms with van der Waals surface area (Å²) in [5.41, 5.74) is 0. The third kappa shape index (κ3) is 3.80. The zero-order valence-corrected chi connectivity index (χ0v) is 5.96. The molecule has 0 radical (unpaired) electrons. The lowest BCUT2D eigenvalue weighted by molar-refractivity contribution is -0.145. The van der Waals surface area contributed by atoms with Crippen molar-refractivity contribution in [2.75, 3.05) is 0 Å². The molecule has 0 aliphatic carbocycles. The summed E-state index contributed by atoms with van der Waals surface area (Å²) in [4.78, 5) is 23.2. The Balaban J connectivity index is 3.82. The highest BCUT2D eigenvalue weighted by Crippen LogP contribution is 1.97. The molecule has 1 unspecified atom stereocenters. The number of esters is 1. The summed E-state index contributed by atoms with van der Waals surface area (Å²) in [5.74, 6) is -0.439. The molecule has 0 aromatic rings. The van der Waals surface area contributed by atoms with Crippen LogP contribution in [0.3, 0.4) is 0 Å². The average Bonchev–Trinajstić information content (AvgIpc) is 1.86. The van der Waals surface area contributed by atoms with E-state index in [0.717, 1.165) is 0 Å². The molecule has 0 spiro atoms. The molecule has 0 N–H and O–H groups in total. The molecule has 0 aliphatic rings. The number of aliphatic imine (C=N–C) groups is 1. The Morgan fingerprint density at radius 2 is 2.40 bits per heavy atom. The third-order valence-corrected chi connectivity index (χ3v) is 0.848. The second-order valence-corrected chi connectivity index (χ2v) is 1.69. The van der Waals surface area contributed by atoms with Crippen molar-refractivity contribution in [1.29, 1.82) is 0 Å². The van der Waals surface area contributed by atoms with E-state index in [1.807, 2.05) is 0 Å². The molecule has 4 heteroatoms. The van der Waals surface area contributed by atoms with Crippen LogP contribution in [0.15, 0.2) is 4.99 Å². The zero-order chi connectivity index (χ0) is 7.98. The first-order valence-electron chi connectivity index (χ1n) is 2.95. The minimum absolute atomic E-state index is 0.439. The lowest BCUT2D eigenvalue weighted by atomic mass is 10.4. The summed E-state index contributed by atoms with van der Waals surface area (Å²) in [6.45, 7) is 3.03. The van der Waals surface area contributed by atoms with Crippen molar-refractivity contribution in [1.82, 2.24) is 0 Å². The Hall–Kier alpha value is -1.15. The van der Waals surface area contributed by atoms with Crippen molar-refractivity contribution in [3.63, 3.8) is 0 Å². The van der Waals surface area contributed by atoms with Crippen LogP contribution in [-0.2, 0) is 14.3 Å². The van der Waals surface area contributed by atoms with Gasteiger partial charge in [-0.2, -0.15) is 4.99 Å². The molecule has 56 valence electrons. The quantitative estimate of drug-likeness (QED) is 0.330. The number of carbonyl (C=O) groups excluding carboxylic acids is 2. The molecule has 0 aromatic carbocycles. The van der Waals surface area contributed by atoms with E-state index in [-0.39, 0.29) is 0 Å². The van der Waals surface area contributed by atoms with Gasteiger partial charge in [0, 0.05) is 13.3 Å². The van der Waals surface area contributed by atoms with E-state index in [1.165, 1.54) is 13.0 Å². The van der Waals surface area contributed by atoms with E-state index in [2.05, 4.69) is 9.73 Å². The van der Waals surface area contributed by atoms with E-state index in [0.29, 0.717) is 6.42 Å². The monoisotopic (exact) mass is 143 g/mol. The largest absolute Gasteiger partial charge is 0.439 e. The number of hydrogen-bond donors (Lipinski definition) is 0. The fraction of sp³-hybridized carbons (Fsp3) is 0.667. The predicted molar refractivity (Wildman–Crippen MR) is 34.0 cm³/mol. The van der Waals surface area contributed by atoms with Crippen LogP contribution in [0.5, 0.6) is 0 Å². The standard InChI is InChI=1S/C6H9NO3/c1-3-6(7-4-8)10-5(2)9/h6H,3H2,1-2H3. The second-order valence-electron chi connectivity index (χ2n) is 1.69. The lowest BCUT2D eigenvalue weighted by Crippen LogP contribution is -2.11. The van der Waals surface area contributed by atoms with E-state index < -0.39 is 12.2 Å². The number of rotatable bonds is 3. The molecule has 0 amide bonds. The number of carbonyl (C=O) groups is 1. The molecule has 0 rings (SSSR count). The minimum atomic E-state index is -0.657. The van der Waals surface area contributed by atoms with Gasteiger partial charge >= 0.3 is 5.97 Å². The first kappa shape index (κ1) is 8.85. The van der Waals surface area contributed by atoms with Crippen molar-refractivity contribution in [3.8, 4) is 0 Å². The summed E-state index contributed by atoms with van der Waals surface area (Å²) in [7, 11) is 0. The Morgan fingerprint density at radius 1 is 1.80 bits per heavy atom. The summed E-state index contributed by atoms with van der Waals surface area (Å²) >= 11 is 0. The average molecular weight is 143 g/mol. The van der Waals surface area contributed by atoms with Crippen LogP contribution < -0.4 is 0 Å². The smallest absolute Gasteiger partial charge is 0.304 e. The van der Waals surface area contributed by atoms with Crippen LogP contribution in [0.25, 0.3) is 0 Å². The molecule has 4 nitrogen and oxygen atoms in total. The number of ether oxygens (including phenoxy) is 1. The second kappa shape index (κ2) is 4.70. The Morgan fingerprint density at radius 3 is 2.70 bits per heavy atom. The molecule has 0 bridgehead atoms. The SMILES string of the molecule is CCC(N=C=O)OC(C)=O. The fourth-order valence-electron chi connectivity index (χ4n) is 0.451. The topological polar surface area (TPSA) is 55.7 Å². The van der Waals surface area contributed by atoms with Gasteiger partial charge in [-0.1, -0.05) is 6.92 Å². The van der Waals surface area contributed by atoms with Crippen LogP contribution in [0.2, 0.25) is 0 Å². The van der Waals surface area contributed by atoms with Gasteiger partial charge in [0.15, 0.2) is 0 Å². The zero-order valence-electron chi connectivity index (χ0n) is 5.96. The van der Waals surface area contributed by atoms with Crippen LogP contribution in [0, 0.1) is 0 Å². The normalized spacial score (nSPS) is 11.4. The van der Waals surface area contributed by atoms with Crippen LogP contribution in [0.4, 0.5) is 0 Å². The Kier molecular flexibility index (Phi) is 4.16. The highest BCUT2D eigenvalue weighted by atomic mass is 16.6. The van der Waals surface area contributed by atoms with Crippen molar-refractivity contribution < 1.29 is 14.3 Å². The molecular formula is C6H9NO3. The molecule has 0 heterocycles. The first-order chi connectivity index (χ1) is 4.70. The first-order valence-corrected chi connectivity index (χ1v) is 2.95. The molecule has 0 saturated carbocycles. The van der Waals surface area contributed by atoms with Gasteiger partial charge in [-0.15, -0.1) is 0 Å². The third-order valence-electron chi connectivity index (χ3n) is 0.848. The molecular weight excluding hydrogens is 134 g/mol. The van der Waals surface area contributed by atoms with Gasteiger partial charge in [0.2, 0.25) is 12.3 Å².